The first kappa shape index (κ1) is 24.8. The number of ether oxygens (including phenoxy) is 1. The van der Waals surface area contributed by atoms with Gasteiger partial charge in [-0.05, 0) is 47.4 Å². The number of nitrogens with one attached hydrogen (secondary N) is 1. The normalized spacial score (nSPS) is 19.6. The van der Waals surface area contributed by atoms with Gasteiger partial charge in [-0.1, -0.05) is 69.3 Å². The van der Waals surface area contributed by atoms with Gasteiger partial charge in [0, 0.05) is 24.4 Å². The number of piperidine rings is 1. The third kappa shape index (κ3) is 5.19. The van der Waals surface area contributed by atoms with Gasteiger partial charge in [-0.3, -0.25) is 4.79 Å². The first-order valence-electron chi connectivity index (χ1n) is 12.3. The molecule has 2 N–H and O–H groups in total. The van der Waals surface area contributed by atoms with Crippen LogP contribution in [0.25, 0.3) is 11.1 Å². The van der Waals surface area contributed by atoms with E-state index in [0.717, 1.165) is 17.5 Å². The summed E-state index contributed by atoms with van der Waals surface area (Å²) in [5.41, 5.74) is 3.84. The number of benzene rings is 2. The van der Waals surface area contributed by atoms with Gasteiger partial charge in [0.1, 0.15) is 12.6 Å². The molecule has 2 aliphatic rings. The molecule has 7 nitrogen and oxygen atoms in total. The highest BCUT2D eigenvalue weighted by Gasteiger charge is 2.40. The van der Waals surface area contributed by atoms with E-state index >= 15 is 0 Å². The van der Waals surface area contributed by atoms with Gasteiger partial charge in [0.25, 0.3) is 0 Å². The molecule has 2 aromatic rings. The van der Waals surface area contributed by atoms with Crippen molar-refractivity contribution in [1.82, 2.24) is 10.2 Å². The van der Waals surface area contributed by atoms with E-state index in [4.69, 9.17) is 4.74 Å². The largest absolute Gasteiger partial charge is 0.480 e. The van der Waals surface area contributed by atoms with Crippen LogP contribution in [0.3, 0.4) is 0 Å². The number of carboxylic acid groups (broad SMARTS) is 1. The Bertz CT molecular complexity index is 1070. The number of carbonyl (C=O) groups is 3. The van der Waals surface area contributed by atoms with E-state index in [9.17, 15) is 19.5 Å². The van der Waals surface area contributed by atoms with Gasteiger partial charge >= 0.3 is 12.1 Å². The van der Waals surface area contributed by atoms with Crippen LogP contribution < -0.4 is 5.32 Å². The van der Waals surface area contributed by atoms with Gasteiger partial charge in [-0.25, -0.2) is 9.59 Å². The predicted octanol–water partition coefficient (Wildman–Crippen LogP) is 4.65. The van der Waals surface area contributed by atoms with Crippen molar-refractivity contribution in [3.05, 3.63) is 59.7 Å². The van der Waals surface area contributed by atoms with E-state index in [1.165, 1.54) is 16.0 Å². The second-order valence-corrected chi connectivity index (χ2v) is 10.4. The topological polar surface area (TPSA) is 95.9 Å². The molecule has 2 aromatic carbocycles. The van der Waals surface area contributed by atoms with Gasteiger partial charge in [0.15, 0.2) is 0 Å². The molecule has 0 spiro atoms. The maximum absolute atomic E-state index is 13.2. The number of alkyl carbamates (subject to hydrolysis) is 1. The van der Waals surface area contributed by atoms with E-state index < -0.39 is 23.5 Å². The van der Waals surface area contributed by atoms with Crippen LogP contribution in [0, 0.1) is 11.3 Å². The maximum atomic E-state index is 13.2. The highest BCUT2D eigenvalue weighted by atomic mass is 16.5. The highest BCUT2D eigenvalue weighted by Crippen LogP contribution is 2.44. The molecule has 1 heterocycles. The average molecular weight is 479 g/mol. The number of rotatable bonds is 7. The van der Waals surface area contributed by atoms with E-state index in [1.54, 1.807) is 13.8 Å². The Morgan fingerprint density at radius 3 is 2.26 bits per heavy atom. The van der Waals surface area contributed by atoms with Crippen molar-refractivity contribution in [1.29, 1.82) is 0 Å². The molecule has 1 fully saturated rings. The molecule has 1 aliphatic carbocycles. The maximum Gasteiger partial charge on any atom is 0.407 e. The number of hydrogen-bond donors (Lipinski definition) is 2. The van der Waals surface area contributed by atoms with Crippen LogP contribution in [-0.4, -0.2) is 53.7 Å². The van der Waals surface area contributed by atoms with Gasteiger partial charge in [0.05, 0.1) is 0 Å². The molecule has 35 heavy (non-hydrogen) atoms. The molecule has 4 rings (SSSR count). The second kappa shape index (κ2) is 10.1. The number of likely N-dealkylation sites (tertiary alicyclic amines) is 1. The van der Waals surface area contributed by atoms with Crippen LogP contribution in [0.15, 0.2) is 48.5 Å². The molecule has 0 saturated carbocycles. The molecule has 7 heteroatoms. The summed E-state index contributed by atoms with van der Waals surface area (Å²) < 4.78 is 5.57. The fourth-order valence-corrected chi connectivity index (χ4v) is 5.24. The van der Waals surface area contributed by atoms with Gasteiger partial charge in [0.2, 0.25) is 5.91 Å². The van der Waals surface area contributed by atoms with Crippen LogP contribution in [0.4, 0.5) is 4.79 Å². The van der Waals surface area contributed by atoms with Crippen LogP contribution in [0.2, 0.25) is 0 Å². The first-order chi connectivity index (χ1) is 16.7. The molecule has 186 valence electrons. The number of carbonyl (C=O) groups excluding carboxylic acids is 2. The van der Waals surface area contributed by atoms with Gasteiger partial charge in [-0.2, -0.15) is 0 Å². The highest BCUT2D eigenvalue weighted by molar-refractivity contribution is 5.87. The van der Waals surface area contributed by atoms with Crippen molar-refractivity contribution in [2.75, 3.05) is 19.7 Å². The number of hydrogen-bond acceptors (Lipinski definition) is 4. The Balaban J connectivity index is 1.30. The second-order valence-electron chi connectivity index (χ2n) is 10.4. The molecular weight excluding hydrogens is 444 g/mol. The lowest BCUT2D eigenvalue weighted by molar-refractivity contribution is -0.157. The zero-order valence-corrected chi connectivity index (χ0v) is 20.6. The molecule has 0 bridgehead atoms. The van der Waals surface area contributed by atoms with Crippen molar-refractivity contribution < 1.29 is 24.2 Å². The quantitative estimate of drug-likeness (QED) is 0.604. The molecule has 0 radical (unpaired) electrons. The predicted molar refractivity (Wildman–Crippen MR) is 133 cm³/mol. The number of amides is 2. The monoisotopic (exact) mass is 478 g/mol. The number of nitrogens with zero attached hydrogens (tertiary/aromatic N) is 1. The third-order valence-corrected chi connectivity index (χ3v) is 7.35. The Kier molecular flexibility index (Phi) is 7.15. The Morgan fingerprint density at radius 2 is 1.66 bits per heavy atom. The molecule has 2 amide bonds. The van der Waals surface area contributed by atoms with E-state index in [-0.39, 0.29) is 30.9 Å². The lowest BCUT2D eigenvalue weighted by Crippen LogP contribution is -2.54. The standard InChI is InChI=1S/C28H34N2O5/c1-18-12-15-30(24(16-18)25(31)32)26(33)28(2,3)13-14-29-27(34)35-17-23-21-10-6-4-8-19(21)20-9-5-7-11-22(20)23/h4-11,18,23-24H,12-17H2,1-3H3,(H,29,34)(H,31,32). The molecule has 2 unspecified atom stereocenters. The fourth-order valence-electron chi connectivity index (χ4n) is 5.24. The number of fused-ring (bicyclic) bond motifs is 3. The van der Waals surface area contributed by atoms with Crippen molar-refractivity contribution in [3.63, 3.8) is 0 Å². The summed E-state index contributed by atoms with van der Waals surface area (Å²) in [5, 5.41) is 12.4. The first-order valence-corrected chi connectivity index (χ1v) is 12.3. The van der Waals surface area contributed by atoms with Crippen molar-refractivity contribution >= 4 is 18.0 Å². The summed E-state index contributed by atoms with van der Waals surface area (Å²) in [5.74, 6) is -0.886. The molecular formula is C28H34N2O5. The zero-order chi connectivity index (χ0) is 25.2. The Hall–Kier alpha value is -3.35. The summed E-state index contributed by atoms with van der Waals surface area (Å²) in [4.78, 5) is 38.8. The lowest BCUT2D eigenvalue weighted by atomic mass is 9.84. The summed E-state index contributed by atoms with van der Waals surface area (Å²) >= 11 is 0. The van der Waals surface area contributed by atoms with E-state index in [0.29, 0.717) is 19.4 Å². The van der Waals surface area contributed by atoms with Gasteiger partial charge in [-0.15, -0.1) is 0 Å². The van der Waals surface area contributed by atoms with Gasteiger partial charge < -0.3 is 20.1 Å². The van der Waals surface area contributed by atoms with Crippen LogP contribution in [0.1, 0.15) is 57.1 Å². The SMILES string of the molecule is CC1CCN(C(=O)C(C)(C)CCNC(=O)OCC2c3ccccc3-c3ccccc32)C(C(=O)O)C1. The van der Waals surface area contributed by atoms with Crippen LogP contribution in [0.5, 0.6) is 0 Å². The van der Waals surface area contributed by atoms with Crippen molar-refractivity contribution in [2.24, 2.45) is 11.3 Å². The number of carboxylic acids is 1. The van der Waals surface area contributed by atoms with Crippen molar-refractivity contribution in [3.8, 4) is 11.1 Å². The van der Waals surface area contributed by atoms with Crippen molar-refractivity contribution in [2.45, 2.75) is 52.0 Å². The summed E-state index contributed by atoms with van der Waals surface area (Å²) in [6.45, 7) is 6.55. The lowest BCUT2D eigenvalue weighted by Gasteiger charge is -2.40. The Labute approximate surface area is 206 Å². The summed E-state index contributed by atoms with van der Waals surface area (Å²) in [7, 11) is 0. The number of aliphatic carboxylic acids is 1. The molecule has 2 atom stereocenters. The minimum Gasteiger partial charge on any atom is -0.480 e. The minimum atomic E-state index is -0.961. The molecule has 1 aliphatic heterocycles. The zero-order valence-electron chi connectivity index (χ0n) is 20.6. The summed E-state index contributed by atoms with van der Waals surface area (Å²) in [6, 6.07) is 15.5. The van der Waals surface area contributed by atoms with Crippen LogP contribution in [-0.2, 0) is 14.3 Å². The molecule has 0 aromatic heterocycles. The minimum absolute atomic E-state index is 0.0133. The molecule has 1 saturated heterocycles. The fraction of sp³-hybridized carbons (Fsp3) is 0.464. The van der Waals surface area contributed by atoms with Crippen LogP contribution >= 0.6 is 0 Å². The smallest absolute Gasteiger partial charge is 0.407 e. The third-order valence-electron chi connectivity index (χ3n) is 7.35. The Morgan fingerprint density at radius 1 is 1.06 bits per heavy atom. The summed E-state index contributed by atoms with van der Waals surface area (Å²) in [6.07, 6.45) is 1.12. The average Bonchev–Trinajstić information content (AvgIpc) is 3.16. The van der Waals surface area contributed by atoms with E-state index in [2.05, 4.69) is 29.6 Å². The van der Waals surface area contributed by atoms with E-state index in [1.807, 2.05) is 31.2 Å².